The summed E-state index contributed by atoms with van der Waals surface area (Å²) in [5.74, 6) is -0.887. The topological polar surface area (TPSA) is 24.9 Å². The quantitative estimate of drug-likeness (QED) is 0.867. The van der Waals surface area contributed by atoms with Gasteiger partial charge in [-0.05, 0) is 30.7 Å². The molecule has 0 saturated carbocycles. The number of hydrogen-bond donors (Lipinski definition) is 1. The van der Waals surface area contributed by atoms with Crippen LogP contribution in [0.2, 0.25) is 0 Å². The highest BCUT2D eigenvalue weighted by molar-refractivity contribution is 7.11. The Morgan fingerprint density at radius 2 is 1.95 bits per heavy atom. The molecule has 0 radical (unpaired) electrons. The normalized spacial score (nSPS) is 11.8. The summed E-state index contributed by atoms with van der Waals surface area (Å²) in [4.78, 5) is 5.19. The molecule has 2 nitrogen and oxygen atoms in total. The minimum Gasteiger partial charge on any atom is -0.306 e. The van der Waals surface area contributed by atoms with E-state index in [1.54, 1.807) is 6.20 Å². The number of thiazole rings is 1. The van der Waals surface area contributed by atoms with Crippen molar-refractivity contribution in [2.75, 3.05) is 0 Å². The van der Waals surface area contributed by atoms with Crippen LogP contribution in [0.15, 0.2) is 24.4 Å². The molecule has 0 aliphatic carbocycles. The van der Waals surface area contributed by atoms with Gasteiger partial charge in [-0.1, -0.05) is 0 Å². The summed E-state index contributed by atoms with van der Waals surface area (Å²) in [6, 6.07) is 2.53. The van der Waals surface area contributed by atoms with Gasteiger partial charge < -0.3 is 5.32 Å². The molecular formula is C13H12F4N2S. The fourth-order valence-corrected chi connectivity index (χ4v) is 2.47. The molecule has 0 aliphatic heterocycles. The van der Waals surface area contributed by atoms with Crippen LogP contribution in [0.25, 0.3) is 0 Å². The average Bonchev–Trinajstić information content (AvgIpc) is 2.73. The molecule has 0 amide bonds. The Kier molecular flexibility index (Phi) is 4.39. The number of halogens is 4. The van der Waals surface area contributed by atoms with Crippen LogP contribution in [0, 0.1) is 12.7 Å². The third kappa shape index (κ3) is 4.01. The second kappa shape index (κ2) is 5.88. The molecule has 1 aromatic carbocycles. The van der Waals surface area contributed by atoms with E-state index < -0.39 is 17.6 Å². The molecule has 0 bridgehead atoms. The Hall–Kier alpha value is -1.47. The number of rotatable bonds is 4. The number of aryl methyl sites for hydroxylation is 1. The van der Waals surface area contributed by atoms with Crippen LogP contribution in [-0.4, -0.2) is 4.98 Å². The minimum atomic E-state index is -4.54. The summed E-state index contributed by atoms with van der Waals surface area (Å²) in [6.45, 7) is 2.51. The number of nitrogens with zero attached hydrogens (tertiary/aromatic N) is 1. The molecule has 0 atom stereocenters. The Morgan fingerprint density at radius 1 is 1.20 bits per heavy atom. The van der Waals surface area contributed by atoms with Crippen molar-refractivity contribution in [1.82, 2.24) is 10.3 Å². The van der Waals surface area contributed by atoms with Gasteiger partial charge in [-0.25, -0.2) is 9.37 Å². The zero-order valence-electron chi connectivity index (χ0n) is 10.6. The minimum absolute atomic E-state index is 0.152. The van der Waals surface area contributed by atoms with Gasteiger partial charge in [-0.15, -0.1) is 11.3 Å². The van der Waals surface area contributed by atoms with Crippen LogP contribution < -0.4 is 5.32 Å². The van der Waals surface area contributed by atoms with E-state index in [9.17, 15) is 17.6 Å². The molecule has 0 spiro atoms. The molecule has 2 rings (SSSR count). The van der Waals surface area contributed by atoms with Gasteiger partial charge >= 0.3 is 6.18 Å². The van der Waals surface area contributed by atoms with Gasteiger partial charge in [0.15, 0.2) is 0 Å². The first-order chi connectivity index (χ1) is 9.34. The summed E-state index contributed by atoms with van der Waals surface area (Å²) in [5, 5.41) is 3.79. The number of hydrogen-bond acceptors (Lipinski definition) is 3. The van der Waals surface area contributed by atoms with Gasteiger partial charge in [-0.3, -0.25) is 0 Å². The van der Waals surface area contributed by atoms with Crippen LogP contribution in [0.3, 0.4) is 0 Å². The van der Waals surface area contributed by atoms with E-state index in [-0.39, 0.29) is 12.1 Å². The van der Waals surface area contributed by atoms with Crippen molar-refractivity contribution < 1.29 is 17.6 Å². The standard InChI is InChI=1S/C13H12F4N2S/c1-8-5-19-12(20-8)7-18-6-9-2-10(13(15,16)17)4-11(14)3-9/h2-5,18H,6-7H2,1H3. The van der Waals surface area contributed by atoms with Crippen molar-refractivity contribution in [3.05, 3.63) is 51.2 Å². The molecule has 0 unspecified atom stereocenters. The Bertz CT molecular complexity index is 592. The van der Waals surface area contributed by atoms with Crippen molar-refractivity contribution in [3.63, 3.8) is 0 Å². The highest BCUT2D eigenvalue weighted by atomic mass is 32.1. The molecule has 1 N–H and O–H groups in total. The first-order valence-corrected chi connectivity index (χ1v) is 6.65. The van der Waals surface area contributed by atoms with Gasteiger partial charge in [0.2, 0.25) is 0 Å². The smallest absolute Gasteiger partial charge is 0.306 e. The van der Waals surface area contributed by atoms with Gasteiger partial charge in [-0.2, -0.15) is 13.2 Å². The molecule has 1 aromatic heterocycles. The molecule has 0 fully saturated rings. The maximum atomic E-state index is 13.2. The number of nitrogens with one attached hydrogen (secondary N) is 1. The predicted molar refractivity (Wildman–Crippen MR) is 68.8 cm³/mol. The van der Waals surface area contributed by atoms with Crippen molar-refractivity contribution in [3.8, 4) is 0 Å². The van der Waals surface area contributed by atoms with E-state index in [0.717, 1.165) is 22.0 Å². The molecule has 0 aliphatic rings. The second-order valence-corrected chi connectivity index (χ2v) is 5.63. The predicted octanol–water partition coefficient (Wildman–Crippen LogP) is 3.90. The number of aromatic nitrogens is 1. The first kappa shape index (κ1) is 14.9. The molecule has 1 heterocycles. The maximum Gasteiger partial charge on any atom is 0.416 e. The van der Waals surface area contributed by atoms with Gasteiger partial charge in [0.25, 0.3) is 0 Å². The van der Waals surface area contributed by atoms with E-state index in [0.29, 0.717) is 12.6 Å². The zero-order chi connectivity index (χ0) is 14.8. The lowest BCUT2D eigenvalue weighted by Gasteiger charge is -2.09. The summed E-state index contributed by atoms with van der Waals surface area (Å²) in [7, 11) is 0. The maximum absolute atomic E-state index is 13.2. The highest BCUT2D eigenvalue weighted by Gasteiger charge is 2.31. The average molecular weight is 304 g/mol. The summed E-state index contributed by atoms with van der Waals surface area (Å²) in [5.41, 5.74) is -0.718. The molecule has 2 aromatic rings. The number of benzene rings is 1. The lowest BCUT2D eigenvalue weighted by molar-refractivity contribution is -0.137. The van der Waals surface area contributed by atoms with E-state index in [1.807, 2.05) is 6.92 Å². The van der Waals surface area contributed by atoms with Crippen molar-refractivity contribution in [2.45, 2.75) is 26.2 Å². The van der Waals surface area contributed by atoms with Crippen LogP contribution in [-0.2, 0) is 19.3 Å². The van der Waals surface area contributed by atoms with Gasteiger partial charge in [0.1, 0.15) is 10.8 Å². The second-order valence-electron chi connectivity index (χ2n) is 4.31. The molecule has 7 heteroatoms. The molecule has 0 saturated heterocycles. The highest BCUT2D eigenvalue weighted by Crippen LogP contribution is 2.30. The molecular weight excluding hydrogens is 292 g/mol. The monoisotopic (exact) mass is 304 g/mol. The van der Waals surface area contributed by atoms with Crippen molar-refractivity contribution in [1.29, 1.82) is 0 Å². The lowest BCUT2D eigenvalue weighted by atomic mass is 10.1. The number of alkyl halides is 3. The Labute approximate surface area is 117 Å². The van der Waals surface area contributed by atoms with Gasteiger partial charge in [0, 0.05) is 24.2 Å². The third-order valence-corrected chi connectivity index (χ3v) is 3.47. The van der Waals surface area contributed by atoms with Crippen molar-refractivity contribution in [2.24, 2.45) is 0 Å². The molecule has 20 heavy (non-hydrogen) atoms. The molecule has 108 valence electrons. The van der Waals surface area contributed by atoms with E-state index in [2.05, 4.69) is 10.3 Å². The van der Waals surface area contributed by atoms with Crippen molar-refractivity contribution >= 4 is 11.3 Å². The van der Waals surface area contributed by atoms with Crippen LogP contribution in [0.1, 0.15) is 21.0 Å². The van der Waals surface area contributed by atoms with E-state index >= 15 is 0 Å². The first-order valence-electron chi connectivity index (χ1n) is 5.83. The van der Waals surface area contributed by atoms with Crippen LogP contribution >= 0.6 is 11.3 Å². The lowest BCUT2D eigenvalue weighted by Crippen LogP contribution is -2.14. The summed E-state index contributed by atoms with van der Waals surface area (Å²) in [6.07, 6.45) is -2.81. The fraction of sp³-hybridized carbons (Fsp3) is 0.308. The van der Waals surface area contributed by atoms with E-state index in [4.69, 9.17) is 0 Å². The van der Waals surface area contributed by atoms with Crippen LogP contribution in [0.4, 0.5) is 17.6 Å². The summed E-state index contributed by atoms with van der Waals surface area (Å²) < 4.78 is 50.8. The van der Waals surface area contributed by atoms with Gasteiger partial charge in [0.05, 0.1) is 5.56 Å². The third-order valence-electron chi connectivity index (χ3n) is 2.56. The van der Waals surface area contributed by atoms with E-state index in [1.165, 1.54) is 11.3 Å². The Balaban J connectivity index is 2.00. The SMILES string of the molecule is Cc1cnc(CNCc2cc(F)cc(C(F)(F)F)c2)s1. The fourth-order valence-electron chi connectivity index (χ4n) is 1.71. The zero-order valence-corrected chi connectivity index (χ0v) is 11.4. The summed E-state index contributed by atoms with van der Waals surface area (Å²) >= 11 is 1.51. The largest absolute Gasteiger partial charge is 0.416 e. The Morgan fingerprint density at radius 3 is 2.55 bits per heavy atom. The van der Waals surface area contributed by atoms with Crippen LogP contribution in [0.5, 0.6) is 0 Å².